The number of nitriles is 1. The third-order valence-corrected chi connectivity index (χ3v) is 6.68. The molecule has 2 aromatic carbocycles. The van der Waals surface area contributed by atoms with Crippen molar-refractivity contribution in [2.24, 2.45) is 0 Å². The first-order chi connectivity index (χ1) is 13.8. The molecule has 0 unspecified atom stereocenters. The smallest absolute Gasteiger partial charge is 0.243 e. The number of hydrogen-bond acceptors (Lipinski definition) is 5. The number of anilines is 1. The van der Waals surface area contributed by atoms with E-state index in [2.05, 4.69) is 10.6 Å². The third-order valence-electron chi connectivity index (χ3n) is 4.61. The molecule has 29 heavy (non-hydrogen) atoms. The summed E-state index contributed by atoms with van der Waals surface area (Å²) in [4.78, 5) is 12.4. The monoisotopic (exact) mass is 414 g/mol. The van der Waals surface area contributed by atoms with Crippen molar-refractivity contribution < 1.29 is 13.2 Å². The predicted octanol–water partition coefficient (Wildman–Crippen LogP) is 2.88. The number of carbonyl (C=O) groups excluding carboxylic acids is 1. The Hall–Kier alpha value is -2.73. The lowest BCUT2D eigenvalue weighted by molar-refractivity contribution is -0.115. The van der Waals surface area contributed by atoms with Gasteiger partial charge in [-0.05, 0) is 36.8 Å². The maximum Gasteiger partial charge on any atom is 0.243 e. The van der Waals surface area contributed by atoms with Crippen molar-refractivity contribution in [3.63, 3.8) is 0 Å². The zero-order chi connectivity index (χ0) is 21.4. The number of rotatable bonds is 9. The zero-order valence-electron chi connectivity index (χ0n) is 16.8. The summed E-state index contributed by atoms with van der Waals surface area (Å²) in [6.07, 6.45) is 0. The molecule has 0 fully saturated rings. The Labute approximate surface area is 172 Å². The molecule has 0 radical (unpaired) electrons. The fraction of sp³-hybridized carbons (Fsp3) is 0.333. The van der Waals surface area contributed by atoms with Crippen molar-refractivity contribution >= 4 is 21.6 Å². The molecule has 0 aliphatic carbocycles. The van der Waals surface area contributed by atoms with E-state index >= 15 is 0 Å². The molecule has 2 N–H and O–H groups in total. The van der Waals surface area contributed by atoms with E-state index in [1.54, 1.807) is 48.5 Å². The normalized spacial score (nSPS) is 12.4. The summed E-state index contributed by atoms with van der Waals surface area (Å²) < 4.78 is 26.5. The first-order valence-electron chi connectivity index (χ1n) is 9.45. The number of nitrogens with zero attached hydrogens (tertiary/aromatic N) is 2. The predicted molar refractivity (Wildman–Crippen MR) is 113 cm³/mol. The third kappa shape index (κ3) is 5.64. The molecule has 2 aromatic rings. The molecule has 0 aliphatic heterocycles. The van der Waals surface area contributed by atoms with Gasteiger partial charge in [-0.25, -0.2) is 8.42 Å². The van der Waals surface area contributed by atoms with Crippen molar-refractivity contribution in [3.8, 4) is 6.07 Å². The van der Waals surface area contributed by atoms with Gasteiger partial charge < -0.3 is 10.6 Å². The van der Waals surface area contributed by atoms with Crippen LogP contribution in [0, 0.1) is 11.3 Å². The van der Waals surface area contributed by atoms with Gasteiger partial charge in [0.2, 0.25) is 15.9 Å². The van der Waals surface area contributed by atoms with Gasteiger partial charge in [-0.1, -0.05) is 38.1 Å². The van der Waals surface area contributed by atoms with Gasteiger partial charge in [0, 0.05) is 19.1 Å². The number of amides is 1. The Bertz CT molecular complexity index is 978. The second-order valence-electron chi connectivity index (χ2n) is 6.47. The van der Waals surface area contributed by atoms with Crippen LogP contribution in [0.5, 0.6) is 0 Å². The van der Waals surface area contributed by atoms with Gasteiger partial charge in [0.05, 0.1) is 22.7 Å². The van der Waals surface area contributed by atoms with Gasteiger partial charge in [0.15, 0.2) is 0 Å². The number of sulfonamides is 1. The van der Waals surface area contributed by atoms with Gasteiger partial charge in [-0.3, -0.25) is 4.79 Å². The molecule has 0 spiro atoms. The van der Waals surface area contributed by atoms with Crippen LogP contribution in [0.1, 0.15) is 37.9 Å². The lowest BCUT2D eigenvalue weighted by Gasteiger charge is -2.19. The van der Waals surface area contributed by atoms with Crippen LogP contribution in [0.3, 0.4) is 0 Å². The second-order valence-corrected chi connectivity index (χ2v) is 8.40. The molecule has 0 aliphatic rings. The summed E-state index contributed by atoms with van der Waals surface area (Å²) in [5, 5.41) is 14.9. The highest BCUT2D eigenvalue weighted by Crippen LogP contribution is 2.19. The van der Waals surface area contributed by atoms with Crippen LogP contribution in [0.15, 0.2) is 53.4 Å². The number of hydrogen-bond donors (Lipinski definition) is 2. The Morgan fingerprint density at radius 1 is 1.10 bits per heavy atom. The van der Waals surface area contributed by atoms with Gasteiger partial charge in [-0.2, -0.15) is 9.57 Å². The molecule has 1 atom stereocenters. The second kappa shape index (κ2) is 10.2. The minimum absolute atomic E-state index is 0.0560. The molecule has 0 aromatic heterocycles. The highest BCUT2D eigenvalue weighted by Gasteiger charge is 2.21. The van der Waals surface area contributed by atoms with Crippen LogP contribution >= 0.6 is 0 Å². The maximum absolute atomic E-state index is 12.6. The van der Waals surface area contributed by atoms with E-state index in [-0.39, 0.29) is 23.4 Å². The molecule has 154 valence electrons. The molecule has 7 nitrogen and oxygen atoms in total. The molecule has 1 amide bonds. The van der Waals surface area contributed by atoms with Crippen molar-refractivity contribution in [1.29, 1.82) is 5.26 Å². The topological polar surface area (TPSA) is 102 Å². The van der Waals surface area contributed by atoms with E-state index < -0.39 is 10.0 Å². The molecule has 8 heteroatoms. The minimum atomic E-state index is -3.49. The maximum atomic E-state index is 12.6. The van der Waals surface area contributed by atoms with Gasteiger partial charge >= 0.3 is 0 Å². The van der Waals surface area contributed by atoms with Crippen LogP contribution in [-0.4, -0.2) is 38.3 Å². The van der Waals surface area contributed by atoms with Crippen molar-refractivity contribution in [2.45, 2.75) is 31.7 Å². The lowest BCUT2D eigenvalue weighted by Crippen LogP contribution is -2.31. The summed E-state index contributed by atoms with van der Waals surface area (Å²) in [6, 6.07) is 15.4. The Balaban J connectivity index is 1.98. The van der Waals surface area contributed by atoms with Crippen molar-refractivity contribution in [1.82, 2.24) is 9.62 Å². The first kappa shape index (κ1) is 22.6. The number of benzene rings is 2. The van der Waals surface area contributed by atoms with Crippen molar-refractivity contribution in [2.75, 3.05) is 25.0 Å². The van der Waals surface area contributed by atoms with Gasteiger partial charge in [0.1, 0.15) is 6.07 Å². The summed E-state index contributed by atoms with van der Waals surface area (Å²) in [5.41, 5.74) is 1.74. The average Bonchev–Trinajstić information content (AvgIpc) is 2.73. The average molecular weight is 415 g/mol. The van der Waals surface area contributed by atoms with Crippen LogP contribution in [0.25, 0.3) is 0 Å². The van der Waals surface area contributed by atoms with E-state index in [4.69, 9.17) is 5.26 Å². The van der Waals surface area contributed by atoms with E-state index in [9.17, 15) is 13.2 Å². The SMILES string of the molecule is CCN(CC)S(=O)(=O)c1ccc([C@H](C)NCC(=O)Nc2ccccc2C#N)cc1. The highest BCUT2D eigenvalue weighted by atomic mass is 32.2. The Kier molecular flexibility index (Phi) is 7.91. The van der Waals surface area contributed by atoms with E-state index in [0.717, 1.165) is 5.56 Å². The van der Waals surface area contributed by atoms with Crippen LogP contribution in [0.2, 0.25) is 0 Å². The molecular formula is C21H26N4O3S. The largest absolute Gasteiger partial charge is 0.324 e. The van der Waals surface area contributed by atoms with E-state index in [1.165, 1.54) is 4.31 Å². The van der Waals surface area contributed by atoms with Crippen molar-refractivity contribution in [3.05, 3.63) is 59.7 Å². The number of carbonyl (C=O) groups is 1. The molecule has 0 bridgehead atoms. The molecule has 0 saturated carbocycles. The van der Waals surface area contributed by atoms with Gasteiger partial charge in [-0.15, -0.1) is 0 Å². The quantitative estimate of drug-likeness (QED) is 0.657. The van der Waals surface area contributed by atoms with E-state index in [1.807, 2.05) is 26.8 Å². The van der Waals surface area contributed by atoms with E-state index in [0.29, 0.717) is 24.3 Å². The molecular weight excluding hydrogens is 388 g/mol. The summed E-state index contributed by atoms with van der Waals surface area (Å²) in [5.74, 6) is -0.264. The summed E-state index contributed by atoms with van der Waals surface area (Å²) in [6.45, 7) is 6.40. The number of nitrogens with one attached hydrogen (secondary N) is 2. The Morgan fingerprint density at radius 2 is 1.72 bits per heavy atom. The first-order valence-corrected chi connectivity index (χ1v) is 10.9. The highest BCUT2D eigenvalue weighted by molar-refractivity contribution is 7.89. The lowest BCUT2D eigenvalue weighted by atomic mass is 10.1. The minimum Gasteiger partial charge on any atom is -0.324 e. The fourth-order valence-corrected chi connectivity index (χ4v) is 4.35. The summed E-state index contributed by atoms with van der Waals surface area (Å²) >= 11 is 0. The van der Waals surface area contributed by atoms with Crippen LogP contribution in [0.4, 0.5) is 5.69 Å². The van der Waals surface area contributed by atoms with Crippen LogP contribution in [-0.2, 0) is 14.8 Å². The Morgan fingerprint density at radius 3 is 2.31 bits per heavy atom. The fourth-order valence-electron chi connectivity index (χ4n) is 2.89. The molecule has 0 saturated heterocycles. The standard InChI is InChI=1S/C21H26N4O3S/c1-4-25(5-2)29(27,28)19-12-10-17(11-13-19)16(3)23-15-21(26)24-20-9-7-6-8-18(20)14-22/h6-13,16,23H,4-5,15H2,1-3H3,(H,24,26)/t16-/m0/s1. The summed E-state index contributed by atoms with van der Waals surface area (Å²) in [7, 11) is -3.49. The molecule has 0 heterocycles. The van der Waals surface area contributed by atoms with Gasteiger partial charge in [0.25, 0.3) is 0 Å². The number of para-hydroxylation sites is 1. The zero-order valence-corrected chi connectivity index (χ0v) is 17.7. The molecule has 2 rings (SSSR count). The van der Waals surface area contributed by atoms with Crippen LogP contribution < -0.4 is 10.6 Å².